The second-order valence-electron chi connectivity index (χ2n) is 8.31. The number of amides is 1. The van der Waals surface area contributed by atoms with Gasteiger partial charge in [0.2, 0.25) is 0 Å². The lowest BCUT2D eigenvalue weighted by Gasteiger charge is -2.37. The Morgan fingerprint density at radius 2 is 2.09 bits per heavy atom. The van der Waals surface area contributed by atoms with Crippen LogP contribution in [0.15, 0.2) is 0 Å². The van der Waals surface area contributed by atoms with E-state index in [9.17, 15) is 9.90 Å². The summed E-state index contributed by atoms with van der Waals surface area (Å²) >= 11 is 0. The molecule has 2 rings (SSSR count). The van der Waals surface area contributed by atoms with E-state index in [-0.39, 0.29) is 23.8 Å². The fourth-order valence-corrected chi connectivity index (χ4v) is 3.58. The Labute approximate surface area is 140 Å². The van der Waals surface area contributed by atoms with Gasteiger partial charge in [0.1, 0.15) is 5.60 Å². The first-order valence-electron chi connectivity index (χ1n) is 9.16. The summed E-state index contributed by atoms with van der Waals surface area (Å²) in [6.45, 7) is 9.54. The number of carbonyl (C=O) groups excluding carboxylic acids is 1. The maximum absolute atomic E-state index is 12.3. The van der Waals surface area contributed by atoms with Crippen molar-refractivity contribution < 1.29 is 14.6 Å². The number of rotatable bonds is 6. The van der Waals surface area contributed by atoms with Crippen LogP contribution in [-0.4, -0.2) is 52.5 Å². The van der Waals surface area contributed by atoms with E-state index in [1.807, 2.05) is 25.7 Å². The molecule has 0 aromatic heterocycles. The minimum Gasteiger partial charge on any atom is -0.444 e. The number of nitrogens with zero attached hydrogens (tertiary/aromatic N) is 1. The van der Waals surface area contributed by atoms with E-state index in [2.05, 4.69) is 12.2 Å². The fraction of sp³-hybridized carbons (Fsp3) is 0.944. The number of nitrogens with one attached hydrogen (secondary N) is 1. The minimum absolute atomic E-state index is 0.197. The van der Waals surface area contributed by atoms with Gasteiger partial charge in [-0.15, -0.1) is 0 Å². The van der Waals surface area contributed by atoms with Gasteiger partial charge in [0.15, 0.2) is 0 Å². The molecule has 0 spiro atoms. The van der Waals surface area contributed by atoms with Crippen molar-refractivity contribution in [1.82, 2.24) is 10.2 Å². The molecule has 2 fully saturated rings. The predicted molar refractivity (Wildman–Crippen MR) is 91.5 cm³/mol. The molecular formula is C18H34N2O3. The Morgan fingerprint density at radius 3 is 2.65 bits per heavy atom. The van der Waals surface area contributed by atoms with Crippen LogP contribution in [0.4, 0.5) is 4.79 Å². The molecular weight excluding hydrogens is 292 g/mol. The van der Waals surface area contributed by atoms with Gasteiger partial charge >= 0.3 is 6.09 Å². The molecule has 0 radical (unpaired) electrons. The molecule has 2 aliphatic rings. The lowest BCUT2D eigenvalue weighted by atomic mass is 9.77. The average molecular weight is 326 g/mol. The van der Waals surface area contributed by atoms with Crippen molar-refractivity contribution in [1.29, 1.82) is 0 Å². The SMILES string of the molecule is CC(NCCCC1(O)CCC1)[C@H]1CCCN1C(=O)OC(C)(C)C. The second-order valence-corrected chi connectivity index (χ2v) is 8.31. The number of hydrogen-bond donors (Lipinski definition) is 2. The Morgan fingerprint density at radius 1 is 1.39 bits per heavy atom. The van der Waals surface area contributed by atoms with Gasteiger partial charge in [-0.1, -0.05) is 0 Å². The molecule has 5 heteroatoms. The zero-order valence-corrected chi connectivity index (χ0v) is 15.2. The van der Waals surface area contributed by atoms with Crippen molar-refractivity contribution in [3.05, 3.63) is 0 Å². The topological polar surface area (TPSA) is 61.8 Å². The Bertz CT molecular complexity index is 402. The first kappa shape index (κ1) is 18.5. The number of carbonyl (C=O) groups is 1. The van der Waals surface area contributed by atoms with E-state index >= 15 is 0 Å². The third kappa shape index (κ3) is 5.35. The highest BCUT2D eigenvalue weighted by Gasteiger charge is 2.36. The number of likely N-dealkylation sites (tertiary alicyclic amines) is 1. The molecule has 1 aliphatic heterocycles. The van der Waals surface area contributed by atoms with E-state index in [0.29, 0.717) is 0 Å². The summed E-state index contributed by atoms with van der Waals surface area (Å²) in [5, 5.41) is 13.6. The van der Waals surface area contributed by atoms with E-state index in [1.165, 1.54) is 0 Å². The van der Waals surface area contributed by atoms with Gasteiger partial charge in [-0.05, 0) is 79.2 Å². The van der Waals surface area contributed by atoms with Gasteiger partial charge in [0, 0.05) is 12.6 Å². The van der Waals surface area contributed by atoms with Crippen LogP contribution < -0.4 is 5.32 Å². The van der Waals surface area contributed by atoms with Gasteiger partial charge in [0.05, 0.1) is 11.6 Å². The van der Waals surface area contributed by atoms with Crippen LogP contribution >= 0.6 is 0 Å². The molecule has 2 atom stereocenters. The normalized spacial score (nSPS) is 25.1. The van der Waals surface area contributed by atoms with E-state index < -0.39 is 5.60 Å². The molecule has 0 aromatic rings. The van der Waals surface area contributed by atoms with Crippen molar-refractivity contribution in [2.75, 3.05) is 13.1 Å². The fourth-order valence-electron chi connectivity index (χ4n) is 3.58. The standard InChI is InChI=1S/C18H34N2O3/c1-14(19-12-7-11-18(22)9-6-10-18)15-8-5-13-20(15)16(21)23-17(2,3)4/h14-15,19,22H,5-13H2,1-4H3/t14?,15-/m1/s1. The minimum atomic E-state index is -0.445. The maximum Gasteiger partial charge on any atom is 0.410 e. The number of hydrogen-bond acceptors (Lipinski definition) is 4. The molecule has 0 bridgehead atoms. The molecule has 2 N–H and O–H groups in total. The average Bonchev–Trinajstić information content (AvgIpc) is 2.89. The largest absolute Gasteiger partial charge is 0.444 e. The molecule has 5 nitrogen and oxygen atoms in total. The summed E-state index contributed by atoms with van der Waals surface area (Å²) < 4.78 is 5.52. The van der Waals surface area contributed by atoms with Crippen LogP contribution in [0, 0.1) is 0 Å². The summed E-state index contributed by atoms with van der Waals surface area (Å²) in [4.78, 5) is 14.2. The molecule has 134 valence electrons. The van der Waals surface area contributed by atoms with Crippen molar-refractivity contribution >= 4 is 6.09 Å². The van der Waals surface area contributed by atoms with Gasteiger partial charge < -0.3 is 20.1 Å². The summed E-state index contributed by atoms with van der Waals surface area (Å²) in [5.41, 5.74) is -0.833. The zero-order valence-electron chi connectivity index (χ0n) is 15.2. The summed E-state index contributed by atoms with van der Waals surface area (Å²) in [6.07, 6.45) is 6.81. The highest BCUT2D eigenvalue weighted by Crippen LogP contribution is 2.35. The van der Waals surface area contributed by atoms with Crippen LogP contribution in [0.2, 0.25) is 0 Å². The van der Waals surface area contributed by atoms with Gasteiger partial charge in [-0.2, -0.15) is 0 Å². The lowest BCUT2D eigenvalue weighted by molar-refractivity contribution is -0.0415. The molecule has 1 unspecified atom stereocenters. The second kappa shape index (κ2) is 7.39. The number of aliphatic hydroxyl groups is 1. The Hall–Kier alpha value is -0.810. The third-order valence-electron chi connectivity index (χ3n) is 5.07. The highest BCUT2D eigenvalue weighted by atomic mass is 16.6. The van der Waals surface area contributed by atoms with Crippen LogP contribution in [0.5, 0.6) is 0 Å². The molecule has 1 saturated carbocycles. The van der Waals surface area contributed by atoms with Crippen LogP contribution in [0.3, 0.4) is 0 Å². The molecule has 23 heavy (non-hydrogen) atoms. The van der Waals surface area contributed by atoms with Gasteiger partial charge in [0.25, 0.3) is 0 Å². The van der Waals surface area contributed by atoms with Gasteiger partial charge in [-0.25, -0.2) is 4.79 Å². The first-order chi connectivity index (χ1) is 10.7. The number of ether oxygens (including phenoxy) is 1. The lowest BCUT2D eigenvalue weighted by Crippen LogP contribution is -2.49. The van der Waals surface area contributed by atoms with E-state index in [0.717, 1.165) is 58.0 Å². The third-order valence-corrected chi connectivity index (χ3v) is 5.07. The summed E-state index contributed by atoms with van der Waals surface area (Å²) in [6, 6.07) is 0.456. The Kier molecular flexibility index (Phi) is 5.95. The molecule has 1 amide bonds. The first-order valence-corrected chi connectivity index (χ1v) is 9.16. The molecule has 0 aromatic carbocycles. The van der Waals surface area contributed by atoms with Crippen LogP contribution in [0.1, 0.15) is 72.6 Å². The molecule has 1 heterocycles. The molecule has 1 aliphatic carbocycles. The molecule has 1 saturated heterocycles. The smallest absolute Gasteiger partial charge is 0.410 e. The monoisotopic (exact) mass is 326 g/mol. The summed E-state index contributed by atoms with van der Waals surface area (Å²) in [7, 11) is 0. The summed E-state index contributed by atoms with van der Waals surface area (Å²) in [5.74, 6) is 0. The van der Waals surface area contributed by atoms with Crippen molar-refractivity contribution in [3.63, 3.8) is 0 Å². The zero-order chi connectivity index (χ0) is 17.1. The van der Waals surface area contributed by atoms with E-state index in [1.54, 1.807) is 0 Å². The highest BCUT2D eigenvalue weighted by molar-refractivity contribution is 5.69. The van der Waals surface area contributed by atoms with E-state index in [4.69, 9.17) is 4.74 Å². The van der Waals surface area contributed by atoms with Crippen molar-refractivity contribution in [2.24, 2.45) is 0 Å². The van der Waals surface area contributed by atoms with Crippen molar-refractivity contribution in [2.45, 2.75) is 95.9 Å². The predicted octanol–water partition coefficient (Wildman–Crippen LogP) is 3.06. The quantitative estimate of drug-likeness (QED) is 0.737. The van der Waals surface area contributed by atoms with Crippen LogP contribution in [-0.2, 0) is 4.74 Å². The maximum atomic E-state index is 12.3. The van der Waals surface area contributed by atoms with Crippen LogP contribution in [0.25, 0.3) is 0 Å². The van der Waals surface area contributed by atoms with Gasteiger partial charge in [-0.3, -0.25) is 0 Å². The van der Waals surface area contributed by atoms with Crippen molar-refractivity contribution in [3.8, 4) is 0 Å². The Balaban J connectivity index is 1.73.